The zero-order chi connectivity index (χ0) is 28.9. The molecule has 9 heteroatoms. The maximum atomic E-state index is 5.93. The van der Waals surface area contributed by atoms with Gasteiger partial charge in [0.15, 0.2) is 0 Å². The van der Waals surface area contributed by atoms with Crippen LogP contribution in [0.5, 0.6) is 0 Å². The summed E-state index contributed by atoms with van der Waals surface area (Å²) in [5.74, 6) is 0. The second-order valence-corrected chi connectivity index (χ2v) is 9.97. The first-order valence-electron chi connectivity index (χ1n) is 15.2. The van der Waals surface area contributed by atoms with E-state index in [4.69, 9.17) is 37.9 Å². The molecule has 0 N–H and O–H groups in total. The number of hydrogen-bond acceptors (Lipinski definition) is 9. The van der Waals surface area contributed by atoms with Gasteiger partial charge in [-0.25, -0.2) is 0 Å². The van der Waals surface area contributed by atoms with Crippen LogP contribution in [0.1, 0.15) is 5.56 Å². The Labute approximate surface area is 249 Å². The highest BCUT2D eigenvalue weighted by Gasteiger charge is 2.13. The number of rotatable bonds is 2. The summed E-state index contributed by atoms with van der Waals surface area (Å²) in [4.78, 5) is 2.41. The van der Waals surface area contributed by atoms with E-state index in [1.807, 2.05) is 0 Å². The van der Waals surface area contributed by atoms with Crippen LogP contribution in [0.15, 0.2) is 54.6 Å². The van der Waals surface area contributed by atoms with Crippen LogP contribution in [0.25, 0.3) is 21.5 Å². The summed E-state index contributed by atoms with van der Waals surface area (Å²) < 4.78 is 45.3. The van der Waals surface area contributed by atoms with E-state index >= 15 is 0 Å². The van der Waals surface area contributed by atoms with Gasteiger partial charge >= 0.3 is 0 Å². The van der Waals surface area contributed by atoms with Gasteiger partial charge in [0.2, 0.25) is 0 Å². The summed E-state index contributed by atoms with van der Waals surface area (Å²) >= 11 is 0. The van der Waals surface area contributed by atoms with E-state index in [9.17, 15) is 0 Å². The molecular weight excluding hydrogens is 538 g/mol. The lowest BCUT2D eigenvalue weighted by atomic mass is 9.96. The molecule has 4 rings (SSSR count). The van der Waals surface area contributed by atoms with Crippen molar-refractivity contribution in [3.63, 3.8) is 0 Å². The molecule has 1 aliphatic heterocycles. The fourth-order valence-electron chi connectivity index (χ4n) is 4.80. The molecule has 0 atom stereocenters. The molecule has 1 aliphatic rings. The minimum Gasteiger partial charge on any atom is -0.378 e. The van der Waals surface area contributed by atoms with Crippen LogP contribution in [0.2, 0.25) is 0 Å². The lowest BCUT2D eigenvalue weighted by Gasteiger charge is -2.24. The monoisotopic (exact) mass is 585 g/mol. The molecule has 0 saturated carbocycles. The lowest BCUT2D eigenvalue weighted by molar-refractivity contribution is -0.0223. The minimum absolute atomic E-state index is 0.535. The number of hydrogen-bond donors (Lipinski definition) is 0. The fourth-order valence-corrected chi connectivity index (χ4v) is 4.80. The Kier molecular flexibility index (Phi) is 16.1. The van der Waals surface area contributed by atoms with Gasteiger partial charge in [-0.05, 0) is 33.2 Å². The van der Waals surface area contributed by atoms with E-state index in [1.54, 1.807) is 0 Å². The van der Waals surface area contributed by atoms with Crippen molar-refractivity contribution < 1.29 is 37.9 Å². The lowest BCUT2D eigenvalue weighted by Crippen LogP contribution is -2.31. The largest absolute Gasteiger partial charge is 0.378 e. The molecule has 232 valence electrons. The van der Waals surface area contributed by atoms with Crippen molar-refractivity contribution in [2.45, 2.75) is 6.54 Å². The molecule has 1 fully saturated rings. The van der Waals surface area contributed by atoms with Crippen molar-refractivity contribution in [3.8, 4) is 0 Å². The Balaban J connectivity index is 1.30. The molecule has 0 aromatic heterocycles. The molecule has 0 amide bonds. The second kappa shape index (κ2) is 20.7. The summed E-state index contributed by atoms with van der Waals surface area (Å²) in [7, 11) is 0. The van der Waals surface area contributed by atoms with E-state index in [-0.39, 0.29) is 0 Å². The highest BCUT2D eigenvalue weighted by molar-refractivity contribution is 6.02. The van der Waals surface area contributed by atoms with Crippen molar-refractivity contribution in [1.82, 2.24) is 4.90 Å². The van der Waals surface area contributed by atoms with Gasteiger partial charge in [-0.15, -0.1) is 0 Å². The number of nitrogens with zero attached hydrogens (tertiary/aromatic N) is 1. The summed E-state index contributed by atoms with van der Waals surface area (Å²) in [5.41, 5.74) is 1.33. The smallest absolute Gasteiger partial charge is 0.0701 e. The summed E-state index contributed by atoms with van der Waals surface area (Å²) in [5, 5.41) is 5.09. The van der Waals surface area contributed by atoms with Gasteiger partial charge in [0.05, 0.1) is 106 Å². The maximum absolute atomic E-state index is 5.93. The zero-order valence-corrected chi connectivity index (χ0v) is 24.8. The number of ether oxygens (including phenoxy) is 8. The SMILES string of the molecule is c1ccc2c(CN3CCOCCOCCOCCOCCOCCOCCOCCOCC3)c3ccccc3cc2c1. The number of benzene rings is 3. The van der Waals surface area contributed by atoms with Gasteiger partial charge in [-0.2, -0.15) is 0 Å². The molecule has 0 radical (unpaired) electrons. The predicted octanol–water partition coefficient (Wildman–Crippen LogP) is 3.94. The first-order chi connectivity index (χ1) is 20.9. The Morgan fingerprint density at radius 1 is 0.405 bits per heavy atom. The van der Waals surface area contributed by atoms with Gasteiger partial charge < -0.3 is 37.9 Å². The Hall–Kier alpha value is -2.18. The molecule has 3 aromatic carbocycles. The topological polar surface area (TPSA) is 77.1 Å². The van der Waals surface area contributed by atoms with E-state index in [0.29, 0.717) is 106 Å². The summed E-state index contributed by atoms with van der Waals surface area (Å²) in [6.45, 7) is 11.2. The zero-order valence-electron chi connectivity index (χ0n) is 24.8. The third kappa shape index (κ3) is 12.2. The van der Waals surface area contributed by atoms with Crippen LogP contribution in [-0.4, -0.2) is 124 Å². The van der Waals surface area contributed by atoms with E-state index in [0.717, 1.165) is 19.6 Å². The molecule has 0 bridgehead atoms. The van der Waals surface area contributed by atoms with Gasteiger partial charge in [-0.3, -0.25) is 4.90 Å². The molecule has 42 heavy (non-hydrogen) atoms. The van der Waals surface area contributed by atoms with Crippen molar-refractivity contribution in [2.75, 3.05) is 119 Å². The van der Waals surface area contributed by atoms with Crippen LogP contribution in [0.3, 0.4) is 0 Å². The highest BCUT2D eigenvalue weighted by Crippen LogP contribution is 2.29. The van der Waals surface area contributed by atoms with Gasteiger partial charge in [0, 0.05) is 19.6 Å². The van der Waals surface area contributed by atoms with Gasteiger partial charge in [0.1, 0.15) is 0 Å². The molecular formula is C33H47NO8. The third-order valence-corrected chi connectivity index (χ3v) is 6.97. The Bertz CT molecular complexity index is 1050. The molecule has 3 aromatic rings. The van der Waals surface area contributed by atoms with Crippen LogP contribution in [0.4, 0.5) is 0 Å². The minimum atomic E-state index is 0.535. The molecule has 1 saturated heterocycles. The summed E-state index contributed by atoms with van der Waals surface area (Å²) in [6, 6.07) is 19.5. The highest BCUT2D eigenvalue weighted by atomic mass is 16.6. The molecule has 9 nitrogen and oxygen atoms in total. The average Bonchev–Trinajstić information content (AvgIpc) is 3.01. The van der Waals surface area contributed by atoms with E-state index in [1.165, 1.54) is 27.1 Å². The van der Waals surface area contributed by atoms with Crippen LogP contribution in [0, 0.1) is 0 Å². The predicted molar refractivity (Wildman–Crippen MR) is 163 cm³/mol. The Morgan fingerprint density at radius 2 is 0.714 bits per heavy atom. The standard InChI is InChI=1S/C33H47NO8/c1-3-7-31-29(5-1)27-30-6-2-4-8-32(30)33(31)28-34-9-11-35-13-15-37-17-19-39-21-23-41-25-26-42-24-22-40-20-18-38-16-14-36-12-10-34/h1-8,27H,9-26,28H2. The number of fused-ring (bicyclic) bond motifs is 2. The van der Waals surface area contributed by atoms with Gasteiger partial charge in [0.25, 0.3) is 0 Å². The first-order valence-corrected chi connectivity index (χ1v) is 15.2. The second-order valence-electron chi connectivity index (χ2n) is 9.97. The van der Waals surface area contributed by atoms with Crippen molar-refractivity contribution in [3.05, 3.63) is 60.2 Å². The van der Waals surface area contributed by atoms with Gasteiger partial charge in [-0.1, -0.05) is 48.5 Å². The average molecular weight is 586 g/mol. The van der Waals surface area contributed by atoms with Crippen LogP contribution in [-0.2, 0) is 44.4 Å². The van der Waals surface area contributed by atoms with Crippen LogP contribution < -0.4 is 0 Å². The third-order valence-electron chi connectivity index (χ3n) is 6.97. The first kappa shape index (κ1) is 32.7. The van der Waals surface area contributed by atoms with Crippen LogP contribution >= 0.6 is 0 Å². The molecule has 1 heterocycles. The molecule has 0 spiro atoms. The fraction of sp³-hybridized carbons (Fsp3) is 0.576. The molecule has 0 aliphatic carbocycles. The molecule has 0 unspecified atom stereocenters. The van der Waals surface area contributed by atoms with Crippen molar-refractivity contribution in [1.29, 1.82) is 0 Å². The quantitative estimate of drug-likeness (QED) is 0.416. The van der Waals surface area contributed by atoms with Crippen molar-refractivity contribution in [2.24, 2.45) is 0 Å². The Morgan fingerprint density at radius 3 is 1.07 bits per heavy atom. The van der Waals surface area contributed by atoms with E-state index < -0.39 is 0 Å². The normalized spacial score (nSPS) is 20.3. The maximum Gasteiger partial charge on any atom is 0.0701 e. The summed E-state index contributed by atoms with van der Waals surface area (Å²) in [6.07, 6.45) is 0. The van der Waals surface area contributed by atoms with Crippen molar-refractivity contribution >= 4 is 21.5 Å². The van der Waals surface area contributed by atoms with E-state index in [2.05, 4.69) is 59.5 Å².